The Morgan fingerprint density at radius 3 is 2.24 bits per heavy atom. The maximum Gasteiger partial charge on any atom is 0.573 e. The summed E-state index contributed by atoms with van der Waals surface area (Å²) in [6, 6.07) is 10.7. The molecule has 0 fully saturated rings. The van der Waals surface area contributed by atoms with E-state index < -0.39 is 6.36 Å². The van der Waals surface area contributed by atoms with Crippen LogP contribution in [0.2, 0.25) is 10.0 Å². The molecule has 0 aliphatic heterocycles. The topological polar surface area (TPSA) is 21.3 Å². The molecule has 1 N–H and O–H groups in total. The molecule has 0 aromatic heterocycles. The van der Waals surface area contributed by atoms with Crippen molar-refractivity contribution in [1.82, 2.24) is 0 Å². The van der Waals surface area contributed by atoms with Gasteiger partial charge in [0.05, 0.1) is 0 Å². The van der Waals surface area contributed by atoms with E-state index in [0.717, 1.165) is 0 Å². The molecule has 0 bridgehead atoms. The summed E-state index contributed by atoms with van der Waals surface area (Å²) < 4.78 is 40.9. The second-order valence-electron chi connectivity index (χ2n) is 4.17. The van der Waals surface area contributed by atoms with Crippen LogP contribution in [0.3, 0.4) is 0 Å². The summed E-state index contributed by atoms with van der Waals surface area (Å²) in [6.07, 6.45) is -4.73. The van der Waals surface area contributed by atoms with Gasteiger partial charge in [-0.3, -0.25) is 0 Å². The molecule has 112 valence electrons. The second kappa shape index (κ2) is 6.45. The van der Waals surface area contributed by atoms with Gasteiger partial charge in [0.2, 0.25) is 0 Å². The fourth-order valence-electron chi connectivity index (χ4n) is 1.73. The van der Waals surface area contributed by atoms with Gasteiger partial charge < -0.3 is 10.1 Å². The Labute approximate surface area is 129 Å². The lowest BCUT2D eigenvalue weighted by molar-refractivity contribution is -0.274. The molecular weight excluding hydrogens is 326 g/mol. The van der Waals surface area contributed by atoms with E-state index in [9.17, 15) is 13.2 Å². The maximum atomic E-state index is 12.3. The molecule has 2 rings (SSSR count). The predicted octanol–water partition coefficient (Wildman–Crippen LogP) is 5.50. The molecule has 0 radical (unpaired) electrons. The van der Waals surface area contributed by atoms with Crippen LogP contribution in [0, 0.1) is 0 Å². The summed E-state index contributed by atoms with van der Waals surface area (Å²) in [5.41, 5.74) is 0.972. The summed E-state index contributed by atoms with van der Waals surface area (Å²) in [6.45, 7) is 0.142. The normalized spacial score (nSPS) is 11.3. The molecule has 0 saturated carbocycles. The van der Waals surface area contributed by atoms with Crippen molar-refractivity contribution in [1.29, 1.82) is 0 Å². The van der Waals surface area contributed by atoms with Crippen LogP contribution in [0.5, 0.6) is 5.75 Å². The number of rotatable bonds is 4. The minimum atomic E-state index is -4.73. The molecule has 21 heavy (non-hydrogen) atoms. The lowest BCUT2D eigenvalue weighted by Gasteiger charge is -2.14. The van der Waals surface area contributed by atoms with Crippen molar-refractivity contribution in [2.24, 2.45) is 0 Å². The van der Waals surface area contributed by atoms with Crippen LogP contribution in [0.1, 0.15) is 5.56 Å². The number of para-hydroxylation sites is 1. The van der Waals surface area contributed by atoms with Gasteiger partial charge in [0.1, 0.15) is 5.75 Å². The molecule has 0 aliphatic rings. The van der Waals surface area contributed by atoms with Gasteiger partial charge in [-0.1, -0.05) is 41.4 Å². The van der Waals surface area contributed by atoms with Crippen molar-refractivity contribution in [2.45, 2.75) is 12.9 Å². The van der Waals surface area contributed by atoms with Gasteiger partial charge in [0.15, 0.2) is 0 Å². The Hall–Kier alpha value is -1.59. The van der Waals surface area contributed by atoms with Crippen molar-refractivity contribution < 1.29 is 17.9 Å². The number of ether oxygens (including phenoxy) is 1. The summed E-state index contributed by atoms with van der Waals surface area (Å²) >= 11 is 11.7. The van der Waals surface area contributed by atoms with Gasteiger partial charge in [0.25, 0.3) is 0 Å². The van der Waals surface area contributed by atoms with Crippen molar-refractivity contribution in [3.05, 3.63) is 58.1 Å². The molecule has 7 heteroatoms. The highest BCUT2D eigenvalue weighted by Gasteiger charge is 2.31. The monoisotopic (exact) mass is 335 g/mol. The zero-order valence-corrected chi connectivity index (χ0v) is 12.1. The van der Waals surface area contributed by atoms with Crippen molar-refractivity contribution in [3.63, 3.8) is 0 Å². The van der Waals surface area contributed by atoms with E-state index >= 15 is 0 Å². The van der Waals surface area contributed by atoms with E-state index in [1.54, 1.807) is 30.3 Å². The molecule has 0 saturated heterocycles. The smallest absolute Gasteiger partial charge is 0.405 e. The number of hydrogen-bond acceptors (Lipinski definition) is 2. The van der Waals surface area contributed by atoms with E-state index in [0.29, 0.717) is 21.3 Å². The van der Waals surface area contributed by atoms with Gasteiger partial charge >= 0.3 is 6.36 Å². The first-order valence-electron chi connectivity index (χ1n) is 5.87. The largest absolute Gasteiger partial charge is 0.573 e. The van der Waals surface area contributed by atoms with Crippen molar-refractivity contribution in [2.75, 3.05) is 5.32 Å². The van der Waals surface area contributed by atoms with E-state index in [1.807, 2.05) is 0 Å². The number of hydrogen-bond donors (Lipinski definition) is 1. The highest BCUT2D eigenvalue weighted by Crippen LogP contribution is 2.28. The van der Waals surface area contributed by atoms with Crippen LogP contribution < -0.4 is 10.1 Å². The van der Waals surface area contributed by atoms with Gasteiger partial charge in [-0.2, -0.15) is 0 Å². The first-order chi connectivity index (χ1) is 9.83. The minimum absolute atomic E-state index is 0.142. The van der Waals surface area contributed by atoms with E-state index in [-0.39, 0.29) is 12.3 Å². The first-order valence-corrected chi connectivity index (χ1v) is 6.63. The van der Waals surface area contributed by atoms with E-state index in [2.05, 4.69) is 10.1 Å². The average Bonchev–Trinajstić information content (AvgIpc) is 2.35. The zero-order valence-electron chi connectivity index (χ0n) is 10.5. The van der Waals surface area contributed by atoms with Crippen LogP contribution in [0.25, 0.3) is 0 Å². The first kappa shape index (κ1) is 15.8. The fourth-order valence-corrected chi connectivity index (χ4v) is 2.25. The Bertz CT molecular complexity index is 612. The van der Waals surface area contributed by atoms with E-state index in [1.165, 1.54) is 12.1 Å². The molecule has 0 aliphatic carbocycles. The Morgan fingerprint density at radius 2 is 1.62 bits per heavy atom. The van der Waals surface area contributed by atoms with Gasteiger partial charge in [-0.15, -0.1) is 13.2 Å². The molecular formula is C14H10Cl2F3NO. The highest BCUT2D eigenvalue weighted by molar-refractivity contribution is 6.35. The van der Waals surface area contributed by atoms with Crippen LogP contribution in [0.15, 0.2) is 42.5 Å². The Morgan fingerprint density at radius 1 is 1.00 bits per heavy atom. The van der Waals surface area contributed by atoms with Crippen LogP contribution in [-0.2, 0) is 6.54 Å². The quantitative estimate of drug-likeness (QED) is 0.796. The molecule has 2 nitrogen and oxygen atoms in total. The zero-order chi connectivity index (χ0) is 15.5. The lowest BCUT2D eigenvalue weighted by Crippen LogP contribution is -2.18. The number of benzene rings is 2. The maximum absolute atomic E-state index is 12.3. The SMILES string of the molecule is FC(F)(F)Oc1ccccc1CNc1cc(Cl)cc(Cl)c1. The number of nitrogens with one attached hydrogen (secondary N) is 1. The van der Waals surface area contributed by atoms with Gasteiger partial charge in [0, 0.05) is 27.8 Å². The van der Waals surface area contributed by atoms with Crippen LogP contribution in [0.4, 0.5) is 18.9 Å². The number of alkyl halides is 3. The highest BCUT2D eigenvalue weighted by atomic mass is 35.5. The predicted molar refractivity (Wildman–Crippen MR) is 76.9 cm³/mol. The van der Waals surface area contributed by atoms with Crippen LogP contribution in [-0.4, -0.2) is 6.36 Å². The fraction of sp³-hybridized carbons (Fsp3) is 0.143. The third kappa shape index (κ3) is 5.02. The Balaban J connectivity index is 2.13. The number of halogens is 5. The summed E-state index contributed by atoms with van der Waals surface area (Å²) in [5, 5.41) is 3.82. The lowest BCUT2D eigenvalue weighted by atomic mass is 10.2. The summed E-state index contributed by atoms with van der Waals surface area (Å²) in [4.78, 5) is 0. The third-order valence-electron chi connectivity index (χ3n) is 2.54. The molecule has 0 amide bonds. The number of anilines is 1. The summed E-state index contributed by atoms with van der Waals surface area (Å²) in [5.74, 6) is -0.245. The molecule has 0 heterocycles. The van der Waals surface area contributed by atoms with Gasteiger partial charge in [-0.25, -0.2) is 0 Å². The second-order valence-corrected chi connectivity index (χ2v) is 5.04. The van der Waals surface area contributed by atoms with Gasteiger partial charge in [-0.05, 0) is 24.3 Å². The van der Waals surface area contributed by atoms with Crippen LogP contribution >= 0.6 is 23.2 Å². The van der Waals surface area contributed by atoms with Crippen molar-refractivity contribution >= 4 is 28.9 Å². The minimum Gasteiger partial charge on any atom is -0.405 e. The molecule has 0 atom stereocenters. The molecule has 0 unspecified atom stereocenters. The average molecular weight is 336 g/mol. The third-order valence-corrected chi connectivity index (χ3v) is 2.98. The molecule has 0 spiro atoms. The molecule has 2 aromatic carbocycles. The molecule has 2 aromatic rings. The standard InChI is InChI=1S/C14H10Cl2F3NO/c15-10-5-11(16)7-12(6-10)20-8-9-3-1-2-4-13(9)21-14(17,18)19/h1-7,20H,8H2. The van der Waals surface area contributed by atoms with Crippen molar-refractivity contribution in [3.8, 4) is 5.75 Å². The Kier molecular flexibility index (Phi) is 4.85. The summed E-state index contributed by atoms with van der Waals surface area (Å²) in [7, 11) is 0. The van der Waals surface area contributed by atoms with E-state index in [4.69, 9.17) is 23.2 Å².